The van der Waals surface area contributed by atoms with Crippen molar-refractivity contribution in [2.24, 2.45) is 0 Å². The number of ether oxygens (including phenoxy) is 1. The second kappa shape index (κ2) is 7.61. The van der Waals surface area contributed by atoms with Crippen LogP contribution < -0.4 is 11.1 Å². The topological polar surface area (TPSA) is 64.3 Å². The van der Waals surface area contributed by atoms with E-state index < -0.39 is 0 Å². The summed E-state index contributed by atoms with van der Waals surface area (Å²) in [5, 5.41) is 3.54. The van der Waals surface area contributed by atoms with E-state index in [2.05, 4.69) is 37.2 Å². The number of hydrogen-bond donors (Lipinski definition) is 2. The number of hydrogen-bond acceptors (Lipinski definition) is 4. The van der Waals surface area contributed by atoms with Gasteiger partial charge in [0.05, 0.1) is 5.69 Å². The van der Waals surface area contributed by atoms with E-state index in [0.29, 0.717) is 6.04 Å². The number of nitrogen functional groups attached to an aromatic ring is 1. The molecule has 1 aromatic carbocycles. The van der Waals surface area contributed by atoms with E-state index >= 15 is 0 Å². The third-order valence-corrected chi connectivity index (χ3v) is 4.88. The maximum Gasteiger partial charge on any atom is 0.302 e. The lowest BCUT2D eigenvalue weighted by atomic mass is 9.92. The molecular formula is C15H20Br2N2O2. The molecule has 6 heteroatoms. The van der Waals surface area contributed by atoms with Gasteiger partial charge in [-0.2, -0.15) is 0 Å². The van der Waals surface area contributed by atoms with Crippen LogP contribution in [0, 0.1) is 0 Å². The molecule has 0 radical (unpaired) electrons. The van der Waals surface area contributed by atoms with Crippen molar-refractivity contribution >= 4 is 43.5 Å². The van der Waals surface area contributed by atoms with Crippen molar-refractivity contribution in [3.8, 4) is 0 Å². The van der Waals surface area contributed by atoms with Crippen LogP contribution in [0.15, 0.2) is 21.1 Å². The summed E-state index contributed by atoms with van der Waals surface area (Å²) >= 11 is 6.94. The van der Waals surface area contributed by atoms with Crippen molar-refractivity contribution in [3.05, 3.63) is 26.6 Å². The Morgan fingerprint density at radius 1 is 1.33 bits per heavy atom. The smallest absolute Gasteiger partial charge is 0.302 e. The molecule has 0 aliphatic heterocycles. The van der Waals surface area contributed by atoms with Crippen LogP contribution in [-0.2, 0) is 16.1 Å². The van der Waals surface area contributed by atoms with Gasteiger partial charge >= 0.3 is 5.97 Å². The molecule has 0 aromatic heterocycles. The van der Waals surface area contributed by atoms with E-state index in [1.165, 1.54) is 6.92 Å². The number of carbonyl (C=O) groups excluding carboxylic acids is 1. The average molecular weight is 420 g/mol. The Morgan fingerprint density at radius 2 is 2.00 bits per heavy atom. The Hall–Kier alpha value is -0.590. The first-order valence-corrected chi connectivity index (χ1v) is 8.68. The fraction of sp³-hybridized carbons (Fsp3) is 0.533. The molecule has 0 spiro atoms. The van der Waals surface area contributed by atoms with Gasteiger partial charge in [-0.3, -0.25) is 4.79 Å². The van der Waals surface area contributed by atoms with Crippen molar-refractivity contribution < 1.29 is 9.53 Å². The second-order valence-electron chi connectivity index (χ2n) is 5.42. The first-order chi connectivity index (χ1) is 9.95. The fourth-order valence-electron chi connectivity index (χ4n) is 2.66. The first-order valence-electron chi connectivity index (χ1n) is 7.09. The van der Waals surface area contributed by atoms with Gasteiger partial charge in [0.1, 0.15) is 6.10 Å². The highest BCUT2D eigenvalue weighted by atomic mass is 79.9. The standard InChI is InChI=1S/C15H20Br2N2O2/c1-9(20)21-13-4-2-12(3-5-13)19-8-10-6-11(16)7-14(17)15(10)18/h6-7,12-13,19H,2-5,8,18H2,1H3. The van der Waals surface area contributed by atoms with E-state index in [1.54, 1.807) is 0 Å². The SMILES string of the molecule is CC(=O)OC1CCC(NCc2cc(Br)cc(Br)c2N)CC1. The van der Waals surface area contributed by atoms with Gasteiger partial charge in [-0.15, -0.1) is 0 Å². The summed E-state index contributed by atoms with van der Waals surface area (Å²) in [6, 6.07) is 4.44. The summed E-state index contributed by atoms with van der Waals surface area (Å²) in [5.74, 6) is -0.182. The molecule has 0 amide bonds. The minimum Gasteiger partial charge on any atom is -0.463 e. The predicted octanol–water partition coefficient (Wildman–Crippen LogP) is 3.76. The molecule has 21 heavy (non-hydrogen) atoms. The summed E-state index contributed by atoms with van der Waals surface area (Å²) in [4.78, 5) is 10.9. The van der Waals surface area contributed by atoms with Gasteiger partial charge in [0.15, 0.2) is 0 Å². The minimum atomic E-state index is -0.182. The largest absolute Gasteiger partial charge is 0.463 e. The lowest BCUT2D eigenvalue weighted by Gasteiger charge is -2.29. The van der Waals surface area contributed by atoms with Crippen LogP contribution in [0.1, 0.15) is 38.2 Å². The van der Waals surface area contributed by atoms with Crippen LogP contribution in [0.3, 0.4) is 0 Å². The highest BCUT2D eigenvalue weighted by Gasteiger charge is 2.22. The van der Waals surface area contributed by atoms with Crippen LogP contribution >= 0.6 is 31.9 Å². The molecule has 1 aliphatic rings. The molecule has 1 aliphatic carbocycles. The van der Waals surface area contributed by atoms with E-state index in [1.807, 2.05) is 12.1 Å². The highest BCUT2D eigenvalue weighted by Crippen LogP contribution is 2.29. The number of rotatable bonds is 4. The quantitative estimate of drug-likeness (QED) is 0.576. The van der Waals surface area contributed by atoms with Gasteiger partial charge in [-0.1, -0.05) is 15.9 Å². The molecule has 0 bridgehead atoms. The molecule has 0 unspecified atom stereocenters. The third kappa shape index (κ3) is 4.97. The van der Waals surface area contributed by atoms with Crippen LogP contribution in [-0.4, -0.2) is 18.1 Å². The van der Waals surface area contributed by atoms with Crippen molar-refractivity contribution in [2.75, 3.05) is 5.73 Å². The molecule has 2 rings (SSSR count). The first kappa shape index (κ1) is 16.8. The van der Waals surface area contributed by atoms with Crippen molar-refractivity contribution in [2.45, 2.75) is 51.3 Å². The van der Waals surface area contributed by atoms with E-state index in [-0.39, 0.29) is 12.1 Å². The second-order valence-corrected chi connectivity index (χ2v) is 7.19. The number of benzene rings is 1. The zero-order valence-corrected chi connectivity index (χ0v) is 15.2. The van der Waals surface area contributed by atoms with Gasteiger partial charge in [-0.25, -0.2) is 0 Å². The summed E-state index contributed by atoms with van der Waals surface area (Å²) in [5.41, 5.74) is 7.94. The Morgan fingerprint density at radius 3 is 2.62 bits per heavy atom. The maximum absolute atomic E-state index is 10.9. The molecule has 4 nitrogen and oxygen atoms in total. The van der Waals surface area contributed by atoms with Crippen LogP contribution in [0.25, 0.3) is 0 Å². The molecule has 1 saturated carbocycles. The summed E-state index contributed by atoms with van der Waals surface area (Å²) in [7, 11) is 0. The Balaban J connectivity index is 1.84. The summed E-state index contributed by atoms with van der Waals surface area (Å²) in [6.45, 7) is 2.21. The van der Waals surface area contributed by atoms with Crippen LogP contribution in [0.2, 0.25) is 0 Å². The van der Waals surface area contributed by atoms with Crippen molar-refractivity contribution in [1.29, 1.82) is 0 Å². The van der Waals surface area contributed by atoms with Gasteiger partial charge < -0.3 is 15.8 Å². The normalized spacial score (nSPS) is 22.0. The van der Waals surface area contributed by atoms with Crippen molar-refractivity contribution in [3.63, 3.8) is 0 Å². The Kier molecular flexibility index (Phi) is 6.08. The summed E-state index contributed by atoms with van der Waals surface area (Å²) < 4.78 is 7.18. The molecule has 0 saturated heterocycles. The molecular weight excluding hydrogens is 400 g/mol. The minimum absolute atomic E-state index is 0.0885. The molecule has 0 heterocycles. The number of carbonyl (C=O) groups is 1. The Bertz CT molecular complexity index is 515. The van der Waals surface area contributed by atoms with Crippen molar-refractivity contribution in [1.82, 2.24) is 5.32 Å². The van der Waals surface area contributed by atoms with Crippen LogP contribution in [0.4, 0.5) is 5.69 Å². The summed E-state index contributed by atoms with van der Waals surface area (Å²) in [6.07, 6.45) is 3.98. The number of anilines is 1. The average Bonchev–Trinajstić information content (AvgIpc) is 2.42. The lowest BCUT2D eigenvalue weighted by molar-refractivity contribution is -0.147. The number of halogens is 2. The fourth-order valence-corrected chi connectivity index (χ4v) is 3.97. The van der Waals surface area contributed by atoms with E-state index in [0.717, 1.165) is 52.4 Å². The monoisotopic (exact) mass is 418 g/mol. The van der Waals surface area contributed by atoms with Gasteiger partial charge in [-0.05, 0) is 59.3 Å². The van der Waals surface area contributed by atoms with Crippen LogP contribution in [0.5, 0.6) is 0 Å². The molecule has 0 atom stereocenters. The molecule has 1 aromatic rings. The zero-order valence-electron chi connectivity index (χ0n) is 12.0. The van der Waals surface area contributed by atoms with Gasteiger partial charge in [0.25, 0.3) is 0 Å². The molecule has 3 N–H and O–H groups in total. The zero-order chi connectivity index (χ0) is 15.4. The lowest BCUT2D eigenvalue weighted by Crippen LogP contribution is -2.35. The van der Waals surface area contributed by atoms with E-state index in [4.69, 9.17) is 10.5 Å². The molecule has 116 valence electrons. The van der Waals surface area contributed by atoms with Gasteiger partial charge in [0.2, 0.25) is 0 Å². The van der Waals surface area contributed by atoms with Gasteiger partial charge in [0, 0.05) is 28.5 Å². The third-order valence-electron chi connectivity index (χ3n) is 3.77. The maximum atomic E-state index is 10.9. The number of nitrogens with one attached hydrogen (secondary N) is 1. The Labute approximate surface area is 142 Å². The molecule has 1 fully saturated rings. The highest BCUT2D eigenvalue weighted by molar-refractivity contribution is 9.11. The predicted molar refractivity (Wildman–Crippen MR) is 90.9 cm³/mol. The number of esters is 1. The number of nitrogens with two attached hydrogens (primary N) is 1. The van der Waals surface area contributed by atoms with E-state index in [9.17, 15) is 4.79 Å².